The first-order chi connectivity index (χ1) is 12.1. The minimum absolute atomic E-state index is 0.218. The molecule has 1 aromatic carbocycles. The van der Waals surface area contributed by atoms with Gasteiger partial charge in [-0.3, -0.25) is 9.78 Å². The summed E-state index contributed by atoms with van der Waals surface area (Å²) in [5, 5.41) is 6.18. The van der Waals surface area contributed by atoms with Gasteiger partial charge in [0, 0.05) is 11.9 Å². The molecule has 3 rings (SSSR count). The number of benzene rings is 1. The largest absolute Gasteiger partial charge is 0.354 e. The average Bonchev–Trinajstić information content (AvgIpc) is 2.64. The van der Waals surface area contributed by atoms with Crippen molar-refractivity contribution in [2.45, 2.75) is 20.4 Å². The lowest BCUT2D eigenvalue weighted by Gasteiger charge is -2.12. The number of nitrogens with one attached hydrogen (secondary N) is 2. The molecular weight excluding hydrogens is 312 g/mol. The summed E-state index contributed by atoms with van der Waals surface area (Å²) >= 11 is 0. The molecule has 0 atom stereocenters. The quantitative estimate of drug-likeness (QED) is 0.746. The first-order valence-electron chi connectivity index (χ1n) is 8.11. The summed E-state index contributed by atoms with van der Waals surface area (Å²) in [7, 11) is 0. The van der Waals surface area contributed by atoms with Crippen molar-refractivity contribution in [1.82, 2.24) is 15.3 Å². The van der Waals surface area contributed by atoms with Crippen LogP contribution in [0, 0.1) is 13.8 Å². The van der Waals surface area contributed by atoms with E-state index in [1.807, 2.05) is 30.3 Å². The van der Waals surface area contributed by atoms with E-state index in [9.17, 15) is 4.79 Å². The lowest BCUT2D eigenvalue weighted by atomic mass is 10.1. The summed E-state index contributed by atoms with van der Waals surface area (Å²) in [6, 6.07) is 15.3. The maximum Gasteiger partial charge on any atom is 0.270 e. The van der Waals surface area contributed by atoms with Gasteiger partial charge in [0.1, 0.15) is 5.69 Å². The highest BCUT2D eigenvalue weighted by molar-refractivity contribution is 5.92. The fraction of sp³-hybridized carbons (Fsp3) is 0.150. The van der Waals surface area contributed by atoms with Gasteiger partial charge in [-0.15, -0.1) is 0 Å². The highest BCUT2D eigenvalue weighted by Gasteiger charge is 2.08. The van der Waals surface area contributed by atoms with Crippen LogP contribution in [-0.4, -0.2) is 15.9 Å². The molecular formula is C20H20N4O. The molecule has 3 aromatic rings. The first kappa shape index (κ1) is 16.6. The zero-order valence-corrected chi connectivity index (χ0v) is 14.3. The second-order valence-electron chi connectivity index (χ2n) is 5.83. The van der Waals surface area contributed by atoms with E-state index in [-0.39, 0.29) is 5.91 Å². The van der Waals surface area contributed by atoms with Gasteiger partial charge in [-0.25, -0.2) is 4.98 Å². The lowest BCUT2D eigenvalue weighted by Crippen LogP contribution is -2.24. The Morgan fingerprint density at radius 2 is 1.76 bits per heavy atom. The second kappa shape index (κ2) is 7.57. The molecule has 2 aromatic heterocycles. The van der Waals surface area contributed by atoms with E-state index in [1.54, 1.807) is 18.5 Å². The Morgan fingerprint density at radius 1 is 0.960 bits per heavy atom. The molecule has 0 fully saturated rings. The smallest absolute Gasteiger partial charge is 0.270 e. The fourth-order valence-electron chi connectivity index (χ4n) is 2.52. The normalized spacial score (nSPS) is 10.3. The number of anilines is 2. The van der Waals surface area contributed by atoms with Crippen molar-refractivity contribution in [3.63, 3.8) is 0 Å². The Morgan fingerprint density at radius 3 is 2.40 bits per heavy atom. The molecule has 0 aliphatic heterocycles. The van der Waals surface area contributed by atoms with Crippen LogP contribution in [0.4, 0.5) is 11.4 Å². The molecule has 0 bridgehead atoms. The molecule has 2 N–H and O–H groups in total. The Balaban J connectivity index is 1.64. The standard InChI is InChI=1S/C20H20N4O/c1-14-6-5-7-15(2)19(14)24-17-9-10-18(22-13-17)20(25)23-12-16-8-3-4-11-21-16/h3-11,13,24H,12H2,1-2H3,(H,23,25). The number of aryl methyl sites for hydroxylation is 2. The summed E-state index contributed by atoms with van der Waals surface area (Å²) in [5.74, 6) is -0.218. The lowest BCUT2D eigenvalue weighted by molar-refractivity contribution is 0.0945. The zero-order chi connectivity index (χ0) is 17.6. The predicted octanol–water partition coefficient (Wildman–Crippen LogP) is 3.77. The van der Waals surface area contributed by atoms with E-state index >= 15 is 0 Å². The van der Waals surface area contributed by atoms with Crippen LogP contribution in [0.5, 0.6) is 0 Å². The molecule has 5 nitrogen and oxygen atoms in total. The highest BCUT2D eigenvalue weighted by atomic mass is 16.1. The molecule has 126 valence electrons. The number of carbonyl (C=O) groups is 1. The minimum atomic E-state index is -0.218. The summed E-state index contributed by atoms with van der Waals surface area (Å²) in [6.45, 7) is 4.49. The number of aromatic nitrogens is 2. The van der Waals surface area contributed by atoms with E-state index in [0.29, 0.717) is 12.2 Å². The molecule has 2 heterocycles. The van der Waals surface area contributed by atoms with Gasteiger partial charge in [0.25, 0.3) is 5.91 Å². The summed E-state index contributed by atoms with van der Waals surface area (Å²) < 4.78 is 0. The number of nitrogens with zero attached hydrogens (tertiary/aromatic N) is 2. The van der Waals surface area contributed by atoms with E-state index in [2.05, 4.69) is 46.6 Å². The van der Waals surface area contributed by atoms with Gasteiger partial charge in [-0.1, -0.05) is 24.3 Å². The maximum atomic E-state index is 12.2. The second-order valence-corrected chi connectivity index (χ2v) is 5.83. The van der Waals surface area contributed by atoms with Crippen molar-refractivity contribution in [2.75, 3.05) is 5.32 Å². The molecule has 0 unspecified atom stereocenters. The van der Waals surface area contributed by atoms with E-state index in [4.69, 9.17) is 0 Å². The first-order valence-corrected chi connectivity index (χ1v) is 8.11. The van der Waals surface area contributed by atoms with Gasteiger partial charge >= 0.3 is 0 Å². The van der Waals surface area contributed by atoms with Crippen LogP contribution in [-0.2, 0) is 6.54 Å². The number of amides is 1. The van der Waals surface area contributed by atoms with Crippen molar-refractivity contribution >= 4 is 17.3 Å². The van der Waals surface area contributed by atoms with Crippen LogP contribution in [0.25, 0.3) is 0 Å². The van der Waals surface area contributed by atoms with Crippen LogP contribution >= 0.6 is 0 Å². The van der Waals surface area contributed by atoms with Crippen LogP contribution in [0.3, 0.4) is 0 Å². The topological polar surface area (TPSA) is 66.9 Å². The third-order valence-corrected chi connectivity index (χ3v) is 3.90. The van der Waals surface area contributed by atoms with E-state index in [0.717, 1.165) is 28.2 Å². The van der Waals surface area contributed by atoms with Crippen LogP contribution in [0.2, 0.25) is 0 Å². The summed E-state index contributed by atoms with van der Waals surface area (Å²) in [4.78, 5) is 20.6. The number of carbonyl (C=O) groups excluding carboxylic acids is 1. The van der Waals surface area contributed by atoms with Gasteiger partial charge in [-0.2, -0.15) is 0 Å². The van der Waals surface area contributed by atoms with Crippen molar-refractivity contribution in [3.8, 4) is 0 Å². The van der Waals surface area contributed by atoms with Crippen molar-refractivity contribution in [3.05, 3.63) is 83.4 Å². The third-order valence-electron chi connectivity index (χ3n) is 3.90. The molecule has 0 aliphatic carbocycles. The van der Waals surface area contributed by atoms with E-state index in [1.165, 1.54) is 0 Å². The van der Waals surface area contributed by atoms with Gasteiger partial charge in [0.05, 0.1) is 24.1 Å². The average molecular weight is 332 g/mol. The number of hydrogen-bond donors (Lipinski definition) is 2. The maximum absolute atomic E-state index is 12.2. The number of para-hydroxylation sites is 1. The van der Waals surface area contributed by atoms with Gasteiger partial charge in [0.15, 0.2) is 0 Å². The third kappa shape index (κ3) is 4.20. The zero-order valence-electron chi connectivity index (χ0n) is 14.3. The van der Waals surface area contributed by atoms with E-state index < -0.39 is 0 Å². The van der Waals surface area contributed by atoms with Crippen molar-refractivity contribution in [1.29, 1.82) is 0 Å². The Kier molecular flexibility index (Phi) is 5.04. The number of rotatable bonds is 5. The SMILES string of the molecule is Cc1cccc(C)c1Nc1ccc(C(=O)NCc2ccccn2)nc1. The summed E-state index contributed by atoms with van der Waals surface area (Å²) in [6.07, 6.45) is 3.37. The van der Waals surface area contributed by atoms with Crippen LogP contribution in [0.1, 0.15) is 27.3 Å². The van der Waals surface area contributed by atoms with Crippen LogP contribution in [0.15, 0.2) is 60.9 Å². The molecule has 0 spiro atoms. The molecule has 25 heavy (non-hydrogen) atoms. The number of pyridine rings is 2. The summed E-state index contributed by atoms with van der Waals surface area (Å²) in [5.41, 5.74) is 5.43. The Bertz CT molecular complexity index is 840. The fourth-order valence-corrected chi connectivity index (χ4v) is 2.52. The van der Waals surface area contributed by atoms with Crippen molar-refractivity contribution < 1.29 is 4.79 Å². The Hall–Kier alpha value is -3.21. The molecule has 5 heteroatoms. The monoisotopic (exact) mass is 332 g/mol. The van der Waals surface area contributed by atoms with Gasteiger partial charge in [0.2, 0.25) is 0 Å². The predicted molar refractivity (Wildman–Crippen MR) is 98.8 cm³/mol. The van der Waals surface area contributed by atoms with Crippen LogP contribution < -0.4 is 10.6 Å². The molecule has 0 saturated carbocycles. The minimum Gasteiger partial charge on any atom is -0.354 e. The Labute approximate surface area is 147 Å². The van der Waals surface area contributed by atoms with Gasteiger partial charge < -0.3 is 10.6 Å². The molecule has 0 aliphatic rings. The van der Waals surface area contributed by atoms with Crippen molar-refractivity contribution in [2.24, 2.45) is 0 Å². The van der Waals surface area contributed by atoms with Gasteiger partial charge in [-0.05, 0) is 49.2 Å². The molecule has 0 radical (unpaired) electrons. The number of hydrogen-bond acceptors (Lipinski definition) is 4. The molecule has 1 amide bonds. The molecule has 0 saturated heterocycles. The highest BCUT2D eigenvalue weighted by Crippen LogP contribution is 2.23.